The minimum Gasteiger partial charge on any atom is -0.308 e. The Morgan fingerprint density at radius 2 is 2.39 bits per heavy atom. The zero-order valence-electron chi connectivity index (χ0n) is 11.2. The Kier molecular flexibility index (Phi) is 5.39. The third-order valence-electron chi connectivity index (χ3n) is 3.44. The van der Waals surface area contributed by atoms with Crippen molar-refractivity contribution < 1.29 is 0 Å². The molecule has 0 radical (unpaired) electrons. The van der Waals surface area contributed by atoms with Crippen molar-refractivity contribution in [1.29, 1.82) is 0 Å². The van der Waals surface area contributed by atoms with Gasteiger partial charge in [0.15, 0.2) is 0 Å². The molecule has 102 valence electrons. The Morgan fingerprint density at radius 3 is 3.00 bits per heavy atom. The molecule has 1 aromatic heterocycles. The molecule has 0 aromatic carbocycles. The van der Waals surface area contributed by atoms with Crippen LogP contribution in [-0.2, 0) is 6.54 Å². The maximum atomic E-state index is 6.34. The van der Waals surface area contributed by atoms with E-state index in [-0.39, 0.29) is 0 Å². The van der Waals surface area contributed by atoms with E-state index in [1.54, 1.807) is 6.20 Å². The van der Waals surface area contributed by atoms with Gasteiger partial charge in [-0.25, -0.2) is 0 Å². The van der Waals surface area contributed by atoms with Crippen LogP contribution in [0, 0.1) is 0 Å². The Hall–Kier alpha value is -0.190. The summed E-state index contributed by atoms with van der Waals surface area (Å²) >= 11 is 8.42. The fraction of sp³-hybridized carbons (Fsp3) is 0.769. The van der Waals surface area contributed by atoms with Gasteiger partial charge in [-0.1, -0.05) is 24.9 Å². The van der Waals surface area contributed by atoms with Gasteiger partial charge < -0.3 is 5.32 Å². The molecule has 1 aliphatic rings. The van der Waals surface area contributed by atoms with Crippen molar-refractivity contribution in [3.8, 4) is 0 Å². The molecule has 3 nitrogen and oxygen atoms in total. The fourth-order valence-corrected chi connectivity index (χ4v) is 4.27. The molecule has 0 amide bonds. The normalized spacial score (nSPS) is 22.1. The number of nitrogens with zero attached hydrogens (tertiary/aromatic N) is 2. The standard InChI is InChI=1S/C13H22ClN3S/c1-3-15-12(11-7-5-6-8-18-11)13-10(14)9-16-17(13)4-2/h9,11-12,15H,3-8H2,1-2H3. The van der Waals surface area contributed by atoms with Crippen LogP contribution in [0.15, 0.2) is 6.20 Å². The molecule has 2 unspecified atom stereocenters. The summed E-state index contributed by atoms with van der Waals surface area (Å²) in [6.07, 6.45) is 5.73. The van der Waals surface area contributed by atoms with Gasteiger partial charge in [0.2, 0.25) is 0 Å². The number of aryl methyl sites for hydroxylation is 1. The van der Waals surface area contributed by atoms with E-state index in [4.69, 9.17) is 11.6 Å². The molecule has 0 spiro atoms. The summed E-state index contributed by atoms with van der Waals surface area (Å²) in [6, 6.07) is 0.329. The first-order valence-electron chi connectivity index (χ1n) is 6.84. The Balaban J connectivity index is 2.24. The lowest BCUT2D eigenvalue weighted by molar-refractivity contribution is 0.453. The van der Waals surface area contributed by atoms with Crippen molar-refractivity contribution >= 4 is 23.4 Å². The zero-order valence-corrected chi connectivity index (χ0v) is 12.7. The quantitative estimate of drug-likeness (QED) is 0.899. The van der Waals surface area contributed by atoms with Crippen LogP contribution in [0.2, 0.25) is 5.02 Å². The summed E-state index contributed by atoms with van der Waals surface area (Å²) in [5.41, 5.74) is 1.17. The Morgan fingerprint density at radius 1 is 1.56 bits per heavy atom. The summed E-state index contributed by atoms with van der Waals surface area (Å²) in [5.74, 6) is 1.27. The van der Waals surface area contributed by atoms with Crippen molar-refractivity contribution in [3.05, 3.63) is 16.9 Å². The number of aromatic nitrogens is 2. The largest absolute Gasteiger partial charge is 0.308 e. The molecule has 1 saturated heterocycles. The van der Waals surface area contributed by atoms with Crippen LogP contribution >= 0.6 is 23.4 Å². The van der Waals surface area contributed by atoms with Gasteiger partial charge in [-0.15, -0.1) is 0 Å². The van der Waals surface area contributed by atoms with Gasteiger partial charge >= 0.3 is 0 Å². The summed E-state index contributed by atoms with van der Waals surface area (Å²) in [6.45, 7) is 6.11. The predicted molar refractivity (Wildman–Crippen MR) is 79.4 cm³/mol. The minimum absolute atomic E-state index is 0.329. The number of hydrogen-bond acceptors (Lipinski definition) is 3. The minimum atomic E-state index is 0.329. The molecule has 2 atom stereocenters. The third kappa shape index (κ3) is 3.03. The van der Waals surface area contributed by atoms with Crippen molar-refractivity contribution in [2.24, 2.45) is 0 Å². The smallest absolute Gasteiger partial charge is 0.0834 e. The van der Waals surface area contributed by atoms with Crippen LogP contribution in [0.25, 0.3) is 0 Å². The Bertz CT molecular complexity index is 374. The summed E-state index contributed by atoms with van der Waals surface area (Å²) < 4.78 is 2.03. The van der Waals surface area contributed by atoms with E-state index in [2.05, 4.69) is 36.0 Å². The summed E-state index contributed by atoms with van der Waals surface area (Å²) in [5, 5.41) is 9.40. The fourth-order valence-electron chi connectivity index (χ4n) is 2.59. The van der Waals surface area contributed by atoms with E-state index in [9.17, 15) is 0 Å². The van der Waals surface area contributed by atoms with Crippen LogP contribution in [-0.4, -0.2) is 27.3 Å². The lowest BCUT2D eigenvalue weighted by Crippen LogP contribution is -2.33. The molecular weight excluding hydrogens is 266 g/mol. The number of nitrogens with one attached hydrogen (secondary N) is 1. The first-order chi connectivity index (χ1) is 8.77. The molecule has 0 bridgehead atoms. The van der Waals surface area contributed by atoms with Crippen molar-refractivity contribution in [2.45, 2.75) is 50.9 Å². The molecule has 1 aromatic rings. The first-order valence-corrected chi connectivity index (χ1v) is 8.26. The van der Waals surface area contributed by atoms with E-state index >= 15 is 0 Å². The molecule has 1 aliphatic heterocycles. The summed E-state index contributed by atoms with van der Waals surface area (Å²) in [7, 11) is 0. The number of thioether (sulfide) groups is 1. The second-order valence-corrected chi connectivity index (χ2v) is 6.39. The second-order valence-electron chi connectivity index (χ2n) is 4.63. The summed E-state index contributed by atoms with van der Waals surface area (Å²) in [4.78, 5) is 0. The van der Waals surface area contributed by atoms with Crippen molar-refractivity contribution in [2.75, 3.05) is 12.3 Å². The SMILES string of the molecule is CCNC(c1c(Cl)cnn1CC)C1CCCCS1. The molecule has 0 aliphatic carbocycles. The average molecular weight is 288 g/mol. The second kappa shape index (κ2) is 6.83. The lowest BCUT2D eigenvalue weighted by Gasteiger charge is -2.31. The molecule has 18 heavy (non-hydrogen) atoms. The van der Waals surface area contributed by atoms with E-state index in [0.717, 1.165) is 18.1 Å². The van der Waals surface area contributed by atoms with Crippen LogP contribution < -0.4 is 5.32 Å². The van der Waals surface area contributed by atoms with Gasteiger partial charge in [-0.2, -0.15) is 16.9 Å². The Labute approximate surface area is 119 Å². The molecule has 1 N–H and O–H groups in total. The molecule has 5 heteroatoms. The van der Waals surface area contributed by atoms with Crippen LogP contribution in [0.3, 0.4) is 0 Å². The highest BCUT2D eigenvalue weighted by Crippen LogP contribution is 2.37. The van der Waals surface area contributed by atoms with Gasteiger partial charge in [0.1, 0.15) is 0 Å². The monoisotopic (exact) mass is 287 g/mol. The molecular formula is C13H22ClN3S. The van der Waals surface area contributed by atoms with Crippen molar-refractivity contribution in [1.82, 2.24) is 15.1 Å². The van der Waals surface area contributed by atoms with Crippen LogP contribution in [0.4, 0.5) is 0 Å². The van der Waals surface area contributed by atoms with Gasteiger partial charge in [0.05, 0.1) is 23.0 Å². The first kappa shape index (κ1) is 14.2. The van der Waals surface area contributed by atoms with Gasteiger partial charge in [0.25, 0.3) is 0 Å². The number of rotatable bonds is 5. The average Bonchev–Trinajstić information content (AvgIpc) is 2.78. The third-order valence-corrected chi connectivity index (χ3v) is 5.19. The number of halogens is 1. The number of hydrogen-bond donors (Lipinski definition) is 1. The molecule has 2 rings (SSSR count). The van der Waals surface area contributed by atoms with E-state index in [1.807, 2.05) is 4.68 Å². The highest BCUT2D eigenvalue weighted by atomic mass is 35.5. The zero-order chi connectivity index (χ0) is 13.0. The maximum absolute atomic E-state index is 6.34. The molecule has 0 saturated carbocycles. The van der Waals surface area contributed by atoms with E-state index < -0.39 is 0 Å². The predicted octanol–water partition coefficient (Wildman–Crippen LogP) is 3.49. The maximum Gasteiger partial charge on any atom is 0.0834 e. The van der Waals surface area contributed by atoms with Gasteiger partial charge in [0, 0.05) is 11.8 Å². The van der Waals surface area contributed by atoms with Crippen LogP contribution in [0.1, 0.15) is 44.8 Å². The lowest BCUT2D eigenvalue weighted by atomic mass is 10.0. The van der Waals surface area contributed by atoms with E-state index in [0.29, 0.717) is 11.3 Å². The van der Waals surface area contributed by atoms with Crippen LogP contribution in [0.5, 0.6) is 0 Å². The van der Waals surface area contributed by atoms with Crippen molar-refractivity contribution in [3.63, 3.8) is 0 Å². The topological polar surface area (TPSA) is 29.9 Å². The van der Waals surface area contributed by atoms with Gasteiger partial charge in [-0.3, -0.25) is 4.68 Å². The highest BCUT2D eigenvalue weighted by Gasteiger charge is 2.29. The highest BCUT2D eigenvalue weighted by molar-refractivity contribution is 8.00. The van der Waals surface area contributed by atoms with Gasteiger partial charge in [-0.05, 0) is 32.1 Å². The molecule has 1 fully saturated rings. The van der Waals surface area contributed by atoms with E-state index in [1.165, 1.54) is 30.7 Å². The molecule has 2 heterocycles.